The molecule has 0 saturated carbocycles. The van der Waals surface area contributed by atoms with E-state index in [1.165, 1.54) is 5.56 Å². The summed E-state index contributed by atoms with van der Waals surface area (Å²) in [6.45, 7) is 4.26. The standard InChI is InChI=1S/C21H27ClN4O/c1-4-5-10-26-16(15-8-6-7-9-17(15)27-3)11-14-12-25(2)21-18(19(14)26)20(22)23-13-24-21/h6-9,13-14,16,19H,4-5,10-12H2,1-3H3/t14-,16-,19-/m1/s1. The van der Waals surface area contributed by atoms with Crippen LogP contribution in [0.2, 0.25) is 5.15 Å². The van der Waals surface area contributed by atoms with Crippen molar-refractivity contribution >= 4 is 17.4 Å². The fraction of sp³-hybridized carbons (Fsp3) is 0.524. The number of fused-ring (bicyclic) bond motifs is 3. The van der Waals surface area contributed by atoms with Crippen molar-refractivity contribution in [3.63, 3.8) is 0 Å². The van der Waals surface area contributed by atoms with Crippen LogP contribution in [0.5, 0.6) is 5.75 Å². The maximum atomic E-state index is 6.60. The summed E-state index contributed by atoms with van der Waals surface area (Å²) in [6.07, 6.45) is 4.98. The quantitative estimate of drug-likeness (QED) is 0.708. The molecule has 0 N–H and O–H groups in total. The molecule has 0 aliphatic carbocycles. The van der Waals surface area contributed by atoms with Gasteiger partial charge >= 0.3 is 0 Å². The van der Waals surface area contributed by atoms with Gasteiger partial charge in [-0.3, -0.25) is 4.90 Å². The first-order chi connectivity index (χ1) is 13.2. The highest BCUT2D eigenvalue weighted by molar-refractivity contribution is 6.30. The number of hydrogen-bond acceptors (Lipinski definition) is 5. The number of ether oxygens (including phenoxy) is 1. The zero-order valence-electron chi connectivity index (χ0n) is 16.2. The monoisotopic (exact) mass is 386 g/mol. The molecule has 3 atom stereocenters. The van der Waals surface area contributed by atoms with Gasteiger partial charge in [-0.15, -0.1) is 0 Å². The van der Waals surface area contributed by atoms with Crippen LogP contribution in [0, 0.1) is 5.92 Å². The minimum atomic E-state index is 0.256. The van der Waals surface area contributed by atoms with Gasteiger partial charge in [0.05, 0.1) is 7.11 Å². The number of benzene rings is 1. The molecule has 1 saturated heterocycles. The normalized spacial score (nSPS) is 24.6. The van der Waals surface area contributed by atoms with Gasteiger partial charge in [-0.05, 0) is 31.4 Å². The van der Waals surface area contributed by atoms with E-state index in [9.17, 15) is 0 Å². The molecule has 6 heteroatoms. The first kappa shape index (κ1) is 18.5. The van der Waals surface area contributed by atoms with Crippen molar-refractivity contribution < 1.29 is 4.74 Å². The highest BCUT2D eigenvalue weighted by atomic mass is 35.5. The number of para-hydroxylation sites is 1. The van der Waals surface area contributed by atoms with E-state index >= 15 is 0 Å². The largest absolute Gasteiger partial charge is 0.496 e. The lowest BCUT2D eigenvalue weighted by molar-refractivity contribution is 0.172. The van der Waals surface area contributed by atoms with Crippen LogP contribution in [0.1, 0.15) is 49.4 Å². The summed E-state index contributed by atoms with van der Waals surface area (Å²) in [7, 11) is 3.86. The van der Waals surface area contributed by atoms with Gasteiger partial charge in [-0.25, -0.2) is 9.97 Å². The van der Waals surface area contributed by atoms with Gasteiger partial charge in [0.15, 0.2) is 0 Å². The van der Waals surface area contributed by atoms with Gasteiger partial charge in [-0.1, -0.05) is 43.1 Å². The van der Waals surface area contributed by atoms with Crippen molar-refractivity contribution in [2.75, 3.05) is 32.1 Å². The Morgan fingerprint density at radius 2 is 2.07 bits per heavy atom. The van der Waals surface area contributed by atoms with E-state index in [2.05, 4.69) is 51.9 Å². The minimum absolute atomic E-state index is 0.256. The molecule has 0 unspecified atom stereocenters. The number of unbranched alkanes of at least 4 members (excludes halogenated alkanes) is 1. The molecule has 1 aromatic heterocycles. The Morgan fingerprint density at radius 1 is 1.26 bits per heavy atom. The Hall–Kier alpha value is -1.85. The second kappa shape index (κ2) is 7.64. The average molecular weight is 387 g/mol. The van der Waals surface area contributed by atoms with E-state index < -0.39 is 0 Å². The zero-order chi connectivity index (χ0) is 19.0. The molecule has 1 aromatic carbocycles. The fourth-order valence-corrected chi connectivity index (χ4v) is 5.08. The van der Waals surface area contributed by atoms with E-state index in [-0.39, 0.29) is 6.04 Å². The number of aromatic nitrogens is 2. The van der Waals surface area contributed by atoms with Crippen LogP contribution < -0.4 is 9.64 Å². The Balaban J connectivity index is 1.80. The van der Waals surface area contributed by atoms with Gasteiger partial charge in [0.1, 0.15) is 23.0 Å². The molecule has 1 fully saturated rings. The summed E-state index contributed by atoms with van der Waals surface area (Å²) in [5.74, 6) is 2.43. The second-order valence-electron chi connectivity index (χ2n) is 7.57. The number of hydrogen-bond donors (Lipinski definition) is 0. The number of anilines is 1. The van der Waals surface area contributed by atoms with Crippen molar-refractivity contribution in [3.8, 4) is 5.75 Å². The van der Waals surface area contributed by atoms with E-state index in [1.54, 1.807) is 13.4 Å². The molecule has 2 aliphatic rings. The highest BCUT2D eigenvalue weighted by Crippen LogP contribution is 2.54. The van der Waals surface area contributed by atoms with E-state index in [1.807, 2.05) is 6.07 Å². The van der Waals surface area contributed by atoms with Crippen LogP contribution in [0.4, 0.5) is 5.82 Å². The number of likely N-dealkylation sites (tertiary alicyclic amines) is 1. The first-order valence-electron chi connectivity index (χ1n) is 9.75. The Morgan fingerprint density at radius 3 is 2.85 bits per heavy atom. The third-order valence-corrected chi connectivity index (χ3v) is 6.28. The van der Waals surface area contributed by atoms with Crippen molar-refractivity contribution in [1.82, 2.24) is 14.9 Å². The summed E-state index contributed by atoms with van der Waals surface area (Å²) in [6, 6.07) is 8.98. The molecule has 0 bridgehead atoms. The van der Waals surface area contributed by atoms with Gasteiger partial charge in [0.2, 0.25) is 0 Å². The molecule has 27 heavy (non-hydrogen) atoms. The van der Waals surface area contributed by atoms with Crippen molar-refractivity contribution in [1.29, 1.82) is 0 Å². The van der Waals surface area contributed by atoms with Crippen LogP contribution in [0.15, 0.2) is 30.6 Å². The zero-order valence-corrected chi connectivity index (χ0v) is 17.0. The van der Waals surface area contributed by atoms with Crippen LogP contribution >= 0.6 is 11.6 Å². The molecule has 5 nitrogen and oxygen atoms in total. The predicted octanol–water partition coefficient (Wildman–Crippen LogP) is 4.49. The lowest BCUT2D eigenvalue weighted by Crippen LogP contribution is -2.39. The van der Waals surface area contributed by atoms with Crippen LogP contribution in [0.25, 0.3) is 0 Å². The van der Waals surface area contributed by atoms with Crippen molar-refractivity contribution in [2.24, 2.45) is 5.92 Å². The summed E-state index contributed by atoms with van der Waals surface area (Å²) in [5.41, 5.74) is 2.36. The molecule has 3 heterocycles. The van der Waals surface area contributed by atoms with Gasteiger partial charge in [0.25, 0.3) is 0 Å². The summed E-state index contributed by atoms with van der Waals surface area (Å²) < 4.78 is 5.69. The lowest BCUT2D eigenvalue weighted by Gasteiger charge is -2.39. The Kier molecular flexibility index (Phi) is 5.24. The topological polar surface area (TPSA) is 41.5 Å². The summed E-state index contributed by atoms with van der Waals surface area (Å²) >= 11 is 6.60. The molecule has 144 valence electrons. The minimum Gasteiger partial charge on any atom is -0.496 e. The molecule has 2 aliphatic heterocycles. The number of rotatable bonds is 5. The van der Waals surface area contributed by atoms with E-state index in [0.717, 1.165) is 49.5 Å². The van der Waals surface area contributed by atoms with Gasteiger partial charge in [-0.2, -0.15) is 0 Å². The van der Waals surface area contributed by atoms with E-state index in [4.69, 9.17) is 16.3 Å². The van der Waals surface area contributed by atoms with Crippen LogP contribution in [0.3, 0.4) is 0 Å². The fourth-order valence-electron chi connectivity index (χ4n) is 4.84. The molecule has 0 radical (unpaired) electrons. The average Bonchev–Trinajstić information content (AvgIpc) is 3.04. The second-order valence-corrected chi connectivity index (χ2v) is 7.93. The van der Waals surface area contributed by atoms with Crippen LogP contribution in [-0.4, -0.2) is 42.1 Å². The third kappa shape index (κ3) is 3.17. The molecule has 4 rings (SSSR count). The summed E-state index contributed by atoms with van der Waals surface area (Å²) in [4.78, 5) is 13.7. The van der Waals surface area contributed by atoms with E-state index in [0.29, 0.717) is 17.1 Å². The molecule has 0 amide bonds. The Bertz CT molecular complexity index is 815. The van der Waals surface area contributed by atoms with Gasteiger partial charge < -0.3 is 9.64 Å². The molecular formula is C21H27ClN4O. The van der Waals surface area contributed by atoms with Crippen molar-refractivity contribution in [2.45, 2.75) is 38.3 Å². The molecular weight excluding hydrogens is 360 g/mol. The van der Waals surface area contributed by atoms with Gasteiger partial charge in [0, 0.05) is 36.8 Å². The Labute approximate surface area is 166 Å². The number of nitrogens with zero attached hydrogens (tertiary/aromatic N) is 4. The third-order valence-electron chi connectivity index (χ3n) is 5.98. The smallest absolute Gasteiger partial charge is 0.139 e. The first-order valence-corrected chi connectivity index (χ1v) is 10.1. The number of methoxy groups -OCH3 is 1. The molecule has 0 spiro atoms. The predicted molar refractivity (Wildman–Crippen MR) is 109 cm³/mol. The lowest BCUT2D eigenvalue weighted by atomic mass is 9.89. The van der Waals surface area contributed by atoms with Crippen LogP contribution in [-0.2, 0) is 0 Å². The SMILES string of the molecule is CCCCN1[C@@H](c2ccccc2OC)C[C@@H]2CN(C)c3ncnc(Cl)c3[C@@H]21. The van der Waals surface area contributed by atoms with Crippen molar-refractivity contribution in [3.05, 3.63) is 46.9 Å². The number of halogens is 1. The highest BCUT2D eigenvalue weighted by Gasteiger charge is 2.48. The summed E-state index contributed by atoms with van der Waals surface area (Å²) in [5, 5.41) is 0.587. The maximum Gasteiger partial charge on any atom is 0.139 e. The maximum absolute atomic E-state index is 6.60. The molecule has 2 aromatic rings.